The molecule has 1 aliphatic rings. The highest BCUT2D eigenvalue weighted by atomic mass is 35.5. The molecule has 6 heteroatoms. The highest BCUT2D eigenvalue weighted by Crippen LogP contribution is 2.29. The molecule has 0 aliphatic carbocycles. The van der Waals surface area contributed by atoms with Gasteiger partial charge >= 0.3 is 0 Å². The van der Waals surface area contributed by atoms with Crippen LogP contribution < -0.4 is 11.3 Å². The SMILES string of the molecule is CC1CC(C)C(C)N(C(=O)c2nc(NN)ccc2Cl)C1. The molecule has 0 bridgehead atoms. The number of nitrogens with zero attached hydrogens (tertiary/aromatic N) is 2. The first-order valence-corrected chi connectivity index (χ1v) is 7.26. The number of carbonyl (C=O) groups excluding carboxylic acids is 1. The van der Waals surface area contributed by atoms with E-state index >= 15 is 0 Å². The van der Waals surface area contributed by atoms with Crippen LogP contribution in [0.2, 0.25) is 5.02 Å². The third kappa shape index (κ3) is 2.88. The number of nitrogens with two attached hydrogens (primary N) is 1. The average molecular weight is 297 g/mol. The van der Waals surface area contributed by atoms with Gasteiger partial charge in [0, 0.05) is 12.6 Å². The Balaban J connectivity index is 2.30. The third-order valence-electron chi connectivity index (χ3n) is 4.05. The molecule has 1 aliphatic heterocycles. The predicted molar refractivity (Wildman–Crippen MR) is 80.5 cm³/mol. The van der Waals surface area contributed by atoms with Gasteiger partial charge < -0.3 is 10.3 Å². The second-order valence-corrected chi connectivity index (χ2v) is 6.09. The number of pyridine rings is 1. The summed E-state index contributed by atoms with van der Waals surface area (Å²) >= 11 is 6.11. The van der Waals surface area contributed by atoms with E-state index < -0.39 is 0 Å². The maximum atomic E-state index is 12.7. The third-order valence-corrected chi connectivity index (χ3v) is 4.36. The number of likely N-dealkylation sites (tertiary alicyclic amines) is 1. The predicted octanol–water partition coefficient (Wildman–Crippen LogP) is 2.53. The summed E-state index contributed by atoms with van der Waals surface area (Å²) in [6.07, 6.45) is 1.14. The zero-order valence-corrected chi connectivity index (χ0v) is 12.8. The standard InChI is InChI=1S/C14H21ClN4O/c1-8-6-9(2)10(3)19(7-8)14(20)13-11(15)4-5-12(17-13)18-16/h4-5,8-10H,6-7,16H2,1-3H3,(H,17,18). The van der Waals surface area contributed by atoms with Crippen LogP contribution in [0.1, 0.15) is 37.7 Å². The maximum absolute atomic E-state index is 12.7. The van der Waals surface area contributed by atoms with E-state index in [9.17, 15) is 4.79 Å². The summed E-state index contributed by atoms with van der Waals surface area (Å²) < 4.78 is 0. The zero-order chi connectivity index (χ0) is 14.9. The second kappa shape index (κ2) is 5.97. The first-order chi connectivity index (χ1) is 9.43. The van der Waals surface area contributed by atoms with E-state index in [0.717, 1.165) is 13.0 Å². The number of aromatic nitrogens is 1. The van der Waals surface area contributed by atoms with Crippen molar-refractivity contribution in [1.82, 2.24) is 9.88 Å². The molecule has 1 fully saturated rings. The lowest BCUT2D eigenvalue weighted by molar-refractivity contribution is 0.0450. The quantitative estimate of drug-likeness (QED) is 0.650. The van der Waals surface area contributed by atoms with E-state index in [1.165, 1.54) is 0 Å². The highest BCUT2D eigenvalue weighted by Gasteiger charge is 2.33. The van der Waals surface area contributed by atoms with Gasteiger partial charge in [-0.2, -0.15) is 0 Å². The summed E-state index contributed by atoms with van der Waals surface area (Å²) in [6, 6.07) is 3.47. The molecule has 0 aromatic carbocycles. The van der Waals surface area contributed by atoms with Crippen molar-refractivity contribution in [2.75, 3.05) is 12.0 Å². The Labute approximate surface area is 124 Å². The van der Waals surface area contributed by atoms with Crippen molar-refractivity contribution in [2.24, 2.45) is 17.7 Å². The van der Waals surface area contributed by atoms with Crippen molar-refractivity contribution in [3.63, 3.8) is 0 Å². The summed E-state index contributed by atoms with van der Waals surface area (Å²) in [5.74, 6) is 6.60. The Morgan fingerprint density at radius 2 is 2.15 bits per heavy atom. The second-order valence-electron chi connectivity index (χ2n) is 5.69. The number of nitrogen functional groups attached to an aromatic ring is 1. The topological polar surface area (TPSA) is 71.2 Å². The van der Waals surface area contributed by atoms with Gasteiger partial charge in [-0.3, -0.25) is 4.79 Å². The molecule has 1 amide bonds. The van der Waals surface area contributed by atoms with Crippen molar-refractivity contribution in [3.8, 4) is 0 Å². The summed E-state index contributed by atoms with van der Waals surface area (Å²) in [6.45, 7) is 7.15. The Morgan fingerprint density at radius 1 is 1.45 bits per heavy atom. The lowest BCUT2D eigenvalue weighted by atomic mass is 9.86. The van der Waals surface area contributed by atoms with Crippen LogP contribution in [0.5, 0.6) is 0 Å². The number of halogens is 1. The molecular weight excluding hydrogens is 276 g/mol. The molecule has 0 spiro atoms. The van der Waals surface area contributed by atoms with E-state index in [-0.39, 0.29) is 17.6 Å². The first kappa shape index (κ1) is 15.1. The number of hydrogen-bond donors (Lipinski definition) is 2. The van der Waals surface area contributed by atoms with Gasteiger partial charge in [-0.15, -0.1) is 0 Å². The van der Waals surface area contributed by atoms with Gasteiger partial charge in [-0.05, 0) is 37.3 Å². The molecule has 0 saturated carbocycles. The normalized spacial score (nSPS) is 26.4. The molecule has 20 heavy (non-hydrogen) atoms. The van der Waals surface area contributed by atoms with Crippen LogP contribution in [0.25, 0.3) is 0 Å². The van der Waals surface area contributed by atoms with Gasteiger partial charge in [0.15, 0.2) is 0 Å². The molecule has 0 radical (unpaired) electrons. The van der Waals surface area contributed by atoms with Crippen LogP contribution in [0, 0.1) is 11.8 Å². The number of anilines is 1. The van der Waals surface area contributed by atoms with Crippen molar-refractivity contribution in [2.45, 2.75) is 33.2 Å². The van der Waals surface area contributed by atoms with E-state index in [0.29, 0.717) is 22.7 Å². The summed E-state index contributed by atoms with van der Waals surface area (Å²) in [5, 5.41) is 0.354. The summed E-state index contributed by atoms with van der Waals surface area (Å²) in [5.41, 5.74) is 2.70. The van der Waals surface area contributed by atoms with Gasteiger partial charge in [0.25, 0.3) is 5.91 Å². The molecular formula is C14H21ClN4O. The van der Waals surface area contributed by atoms with Gasteiger partial charge in [0.1, 0.15) is 11.5 Å². The van der Waals surface area contributed by atoms with Crippen LogP contribution in [0.4, 0.5) is 5.82 Å². The monoisotopic (exact) mass is 296 g/mol. The minimum absolute atomic E-state index is 0.127. The first-order valence-electron chi connectivity index (χ1n) is 6.88. The molecule has 2 heterocycles. The van der Waals surface area contributed by atoms with E-state index in [4.69, 9.17) is 17.4 Å². The van der Waals surface area contributed by atoms with Crippen LogP contribution in [-0.2, 0) is 0 Å². The Kier molecular flexibility index (Phi) is 4.50. The molecule has 3 unspecified atom stereocenters. The number of nitrogens with one attached hydrogen (secondary N) is 1. The molecule has 1 saturated heterocycles. The Hall–Kier alpha value is -1.33. The molecule has 2 rings (SSSR count). The Bertz CT molecular complexity index is 508. The van der Waals surface area contributed by atoms with Crippen molar-refractivity contribution in [3.05, 3.63) is 22.8 Å². The fourth-order valence-corrected chi connectivity index (χ4v) is 2.98. The maximum Gasteiger partial charge on any atom is 0.274 e. The fraction of sp³-hybridized carbons (Fsp3) is 0.571. The lowest BCUT2D eigenvalue weighted by Crippen LogP contribution is -2.49. The lowest BCUT2D eigenvalue weighted by Gasteiger charge is -2.41. The molecule has 3 atom stereocenters. The van der Waals surface area contributed by atoms with Crippen LogP contribution >= 0.6 is 11.6 Å². The fourth-order valence-electron chi connectivity index (χ4n) is 2.79. The van der Waals surface area contributed by atoms with Crippen LogP contribution in [0.15, 0.2) is 12.1 Å². The van der Waals surface area contributed by atoms with E-state index in [1.54, 1.807) is 12.1 Å². The number of hydrazine groups is 1. The van der Waals surface area contributed by atoms with Gasteiger partial charge in [-0.25, -0.2) is 10.8 Å². The minimum Gasteiger partial charge on any atom is -0.334 e. The Morgan fingerprint density at radius 3 is 2.80 bits per heavy atom. The highest BCUT2D eigenvalue weighted by molar-refractivity contribution is 6.33. The molecule has 110 valence electrons. The van der Waals surface area contributed by atoms with Crippen LogP contribution in [-0.4, -0.2) is 28.4 Å². The summed E-state index contributed by atoms with van der Waals surface area (Å²) in [7, 11) is 0. The van der Waals surface area contributed by atoms with Crippen LogP contribution in [0.3, 0.4) is 0 Å². The number of hydrogen-bond acceptors (Lipinski definition) is 4. The average Bonchev–Trinajstić information content (AvgIpc) is 2.42. The number of amides is 1. The minimum atomic E-state index is -0.127. The van der Waals surface area contributed by atoms with Crippen molar-refractivity contribution >= 4 is 23.3 Å². The number of rotatable bonds is 2. The molecule has 1 aromatic heterocycles. The van der Waals surface area contributed by atoms with E-state index in [1.807, 2.05) is 4.90 Å². The van der Waals surface area contributed by atoms with Gasteiger partial charge in [0.05, 0.1) is 5.02 Å². The number of carbonyl (C=O) groups is 1. The van der Waals surface area contributed by atoms with Gasteiger partial charge in [-0.1, -0.05) is 25.4 Å². The van der Waals surface area contributed by atoms with Crippen molar-refractivity contribution in [1.29, 1.82) is 0 Å². The van der Waals surface area contributed by atoms with E-state index in [2.05, 4.69) is 31.2 Å². The zero-order valence-electron chi connectivity index (χ0n) is 12.1. The van der Waals surface area contributed by atoms with Crippen molar-refractivity contribution < 1.29 is 4.79 Å². The number of piperidine rings is 1. The molecule has 1 aromatic rings. The largest absolute Gasteiger partial charge is 0.334 e. The summed E-state index contributed by atoms with van der Waals surface area (Å²) in [4.78, 5) is 18.8. The smallest absolute Gasteiger partial charge is 0.274 e. The molecule has 5 nitrogen and oxygen atoms in total. The molecule has 3 N–H and O–H groups in total. The van der Waals surface area contributed by atoms with Gasteiger partial charge in [0.2, 0.25) is 0 Å².